The molecule has 1 amide bonds. The Morgan fingerprint density at radius 2 is 1.43 bits per heavy atom. The summed E-state index contributed by atoms with van der Waals surface area (Å²) in [4.78, 5) is 34.5. The third kappa shape index (κ3) is 5.36. The van der Waals surface area contributed by atoms with Crippen molar-refractivity contribution in [1.29, 1.82) is 0 Å². The zero-order valence-electron chi connectivity index (χ0n) is 19.1. The molecule has 3 N–H and O–H groups in total. The van der Waals surface area contributed by atoms with Gasteiger partial charge in [-0.05, 0) is 67.9 Å². The molecule has 0 fully saturated rings. The lowest BCUT2D eigenvalue weighted by molar-refractivity contribution is 0.102. The van der Waals surface area contributed by atoms with E-state index >= 15 is 0 Å². The van der Waals surface area contributed by atoms with Crippen LogP contribution in [0.15, 0.2) is 79.1 Å². The maximum atomic E-state index is 12.6. The van der Waals surface area contributed by atoms with Crippen molar-refractivity contribution >= 4 is 45.8 Å². The van der Waals surface area contributed by atoms with E-state index in [-0.39, 0.29) is 11.6 Å². The van der Waals surface area contributed by atoms with Crippen LogP contribution in [-0.2, 0) is 0 Å². The largest absolute Gasteiger partial charge is 0.340 e. The molecule has 35 heavy (non-hydrogen) atoms. The first-order valence-corrected chi connectivity index (χ1v) is 11.0. The number of nitrogens with one attached hydrogen (secondary N) is 3. The minimum absolute atomic E-state index is 0.255. The van der Waals surface area contributed by atoms with Gasteiger partial charge in [0.25, 0.3) is 5.91 Å². The monoisotopic (exact) mass is 462 g/mol. The van der Waals surface area contributed by atoms with E-state index in [2.05, 4.69) is 40.9 Å². The number of nitrogens with zero attached hydrogens (tertiary/aromatic N) is 5. The van der Waals surface area contributed by atoms with Gasteiger partial charge >= 0.3 is 0 Å². The summed E-state index contributed by atoms with van der Waals surface area (Å²) in [6, 6.07) is 20.4. The number of benzene rings is 2. The minimum atomic E-state index is -0.323. The second-order valence-electron chi connectivity index (χ2n) is 7.93. The molecule has 0 aliphatic carbocycles. The molecule has 0 aliphatic rings. The van der Waals surface area contributed by atoms with Crippen LogP contribution in [0.4, 0.5) is 28.8 Å². The Morgan fingerprint density at radius 1 is 0.714 bits per heavy atom. The number of para-hydroxylation sites is 2. The zero-order chi connectivity index (χ0) is 24.2. The van der Waals surface area contributed by atoms with Crippen LogP contribution in [-0.4, -0.2) is 30.8 Å². The van der Waals surface area contributed by atoms with Crippen molar-refractivity contribution in [3.05, 3.63) is 96.2 Å². The molecule has 0 unspecified atom stereocenters. The number of hydrogen-bond donors (Lipinski definition) is 3. The smallest absolute Gasteiger partial charge is 0.275 e. The number of carbonyl (C=O) groups excluding carboxylic acids is 1. The molecule has 9 heteroatoms. The second kappa shape index (κ2) is 9.52. The molecule has 9 nitrogen and oxygen atoms in total. The highest BCUT2D eigenvalue weighted by Crippen LogP contribution is 2.22. The zero-order valence-corrected chi connectivity index (χ0v) is 19.1. The first-order valence-electron chi connectivity index (χ1n) is 11.0. The molecule has 0 bridgehead atoms. The second-order valence-corrected chi connectivity index (χ2v) is 7.93. The van der Waals surface area contributed by atoms with Gasteiger partial charge in [-0.25, -0.2) is 19.9 Å². The lowest BCUT2D eigenvalue weighted by atomic mass is 10.2. The molecule has 0 saturated carbocycles. The van der Waals surface area contributed by atoms with Crippen molar-refractivity contribution in [2.45, 2.75) is 13.8 Å². The number of rotatable bonds is 6. The summed E-state index contributed by atoms with van der Waals surface area (Å²) in [6.07, 6.45) is 3.22. The Kier molecular flexibility index (Phi) is 5.96. The summed E-state index contributed by atoms with van der Waals surface area (Å²) in [7, 11) is 0. The third-order valence-electron chi connectivity index (χ3n) is 5.11. The maximum Gasteiger partial charge on any atom is 0.275 e. The minimum Gasteiger partial charge on any atom is -0.340 e. The van der Waals surface area contributed by atoms with E-state index in [0.29, 0.717) is 34.5 Å². The fraction of sp³-hybridized carbons (Fsp3) is 0.0769. The Bertz CT molecular complexity index is 1520. The van der Waals surface area contributed by atoms with Crippen molar-refractivity contribution in [2.24, 2.45) is 0 Å². The number of anilines is 5. The van der Waals surface area contributed by atoms with E-state index in [0.717, 1.165) is 16.8 Å². The van der Waals surface area contributed by atoms with E-state index in [4.69, 9.17) is 0 Å². The fourth-order valence-corrected chi connectivity index (χ4v) is 3.48. The summed E-state index contributed by atoms with van der Waals surface area (Å²) >= 11 is 0. The molecule has 5 aromatic rings. The number of aryl methyl sites for hydroxylation is 2. The number of pyridine rings is 1. The van der Waals surface area contributed by atoms with E-state index < -0.39 is 0 Å². The van der Waals surface area contributed by atoms with Crippen LogP contribution in [0.3, 0.4) is 0 Å². The maximum absolute atomic E-state index is 12.6. The first-order chi connectivity index (χ1) is 17.0. The van der Waals surface area contributed by atoms with Crippen LogP contribution in [0.5, 0.6) is 0 Å². The Morgan fingerprint density at radius 3 is 2.20 bits per heavy atom. The van der Waals surface area contributed by atoms with Gasteiger partial charge in [0.05, 0.1) is 17.2 Å². The van der Waals surface area contributed by atoms with Gasteiger partial charge in [0.15, 0.2) is 0 Å². The van der Waals surface area contributed by atoms with Crippen LogP contribution >= 0.6 is 0 Å². The predicted molar refractivity (Wildman–Crippen MR) is 136 cm³/mol. The highest BCUT2D eigenvalue weighted by Gasteiger charge is 2.10. The Balaban J connectivity index is 1.26. The van der Waals surface area contributed by atoms with Gasteiger partial charge in [-0.1, -0.05) is 12.1 Å². The Hall–Kier alpha value is -4.92. The van der Waals surface area contributed by atoms with Crippen molar-refractivity contribution in [1.82, 2.24) is 24.9 Å². The summed E-state index contributed by atoms with van der Waals surface area (Å²) in [5.41, 5.74) is 4.23. The molecule has 0 radical (unpaired) electrons. The Labute approximate surface area is 201 Å². The van der Waals surface area contributed by atoms with E-state index in [1.54, 1.807) is 18.3 Å². The lowest BCUT2D eigenvalue weighted by Crippen LogP contribution is -2.14. The number of hydrogen-bond acceptors (Lipinski definition) is 8. The quantitative estimate of drug-likeness (QED) is 0.316. The van der Waals surface area contributed by atoms with Gasteiger partial charge in [-0.2, -0.15) is 0 Å². The molecule has 3 heterocycles. The summed E-state index contributed by atoms with van der Waals surface area (Å²) in [6.45, 7) is 3.83. The number of carbonyl (C=O) groups is 1. The van der Waals surface area contributed by atoms with Gasteiger partial charge in [0.1, 0.15) is 29.0 Å². The van der Waals surface area contributed by atoms with Gasteiger partial charge in [0.2, 0.25) is 0 Å². The SMILES string of the molecule is Cc1ccnc(Nc2cc(Nc3ccc(NC(=O)c4cnc5ccccc5n4)cc3)nc(C)n2)c1. The number of fused-ring (bicyclic) bond motifs is 1. The van der Waals surface area contributed by atoms with E-state index in [1.165, 1.54) is 6.20 Å². The van der Waals surface area contributed by atoms with Crippen LogP contribution in [0.2, 0.25) is 0 Å². The molecular weight excluding hydrogens is 440 g/mol. The van der Waals surface area contributed by atoms with Crippen LogP contribution in [0.25, 0.3) is 11.0 Å². The van der Waals surface area contributed by atoms with Gasteiger partial charge in [0, 0.05) is 23.6 Å². The molecule has 3 aromatic heterocycles. The average Bonchev–Trinajstić information content (AvgIpc) is 2.84. The van der Waals surface area contributed by atoms with Gasteiger partial charge in [-0.15, -0.1) is 0 Å². The fourth-order valence-electron chi connectivity index (χ4n) is 3.48. The van der Waals surface area contributed by atoms with Crippen molar-refractivity contribution in [3.63, 3.8) is 0 Å². The third-order valence-corrected chi connectivity index (χ3v) is 5.11. The topological polar surface area (TPSA) is 118 Å². The first kappa shape index (κ1) is 21.9. The van der Waals surface area contributed by atoms with Crippen molar-refractivity contribution in [3.8, 4) is 0 Å². The normalized spacial score (nSPS) is 10.7. The van der Waals surface area contributed by atoms with Crippen LogP contribution < -0.4 is 16.0 Å². The summed E-state index contributed by atoms with van der Waals surface area (Å²) < 4.78 is 0. The van der Waals surface area contributed by atoms with E-state index in [1.807, 2.05) is 68.4 Å². The summed E-state index contributed by atoms with van der Waals surface area (Å²) in [5, 5.41) is 9.33. The molecule has 172 valence electrons. The molecular formula is C26H22N8O. The van der Waals surface area contributed by atoms with Crippen LogP contribution in [0.1, 0.15) is 21.9 Å². The molecule has 0 atom stereocenters. The molecule has 0 saturated heterocycles. The molecule has 0 spiro atoms. The molecule has 5 rings (SSSR count). The average molecular weight is 463 g/mol. The van der Waals surface area contributed by atoms with Crippen molar-refractivity contribution < 1.29 is 4.79 Å². The van der Waals surface area contributed by atoms with E-state index in [9.17, 15) is 4.79 Å². The standard InChI is InChI=1S/C26H22N8O/c1-16-11-12-27-23(13-16)34-25-14-24(29-17(2)30-25)31-18-7-9-19(10-8-18)32-26(35)22-15-28-20-5-3-4-6-21(20)33-22/h3-15H,1-2H3,(H,32,35)(H2,27,29,30,31,34). The number of aromatic nitrogens is 5. The molecule has 0 aliphatic heterocycles. The number of amides is 1. The highest BCUT2D eigenvalue weighted by molar-refractivity contribution is 6.03. The summed E-state index contributed by atoms with van der Waals surface area (Å²) in [5.74, 6) is 2.28. The predicted octanol–water partition coefficient (Wildman–Crippen LogP) is 5.17. The highest BCUT2D eigenvalue weighted by atomic mass is 16.1. The van der Waals surface area contributed by atoms with Crippen molar-refractivity contribution in [2.75, 3.05) is 16.0 Å². The lowest BCUT2D eigenvalue weighted by Gasteiger charge is -2.11. The van der Waals surface area contributed by atoms with Gasteiger partial charge < -0.3 is 16.0 Å². The van der Waals surface area contributed by atoms with Crippen LogP contribution in [0, 0.1) is 13.8 Å². The molecule has 2 aromatic carbocycles. The van der Waals surface area contributed by atoms with Gasteiger partial charge in [-0.3, -0.25) is 9.78 Å².